The predicted molar refractivity (Wildman–Crippen MR) is 50.4 cm³/mol. The highest BCUT2D eigenvalue weighted by molar-refractivity contribution is 7.07. The Morgan fingerprint density at radius 3 is 3.08 bits per heavy atom. The van der Waals surface area contributed by atoms with Gasteiger partial charge in [0, 0.05) is 11.9 Å². The summed E-state index contributed by atoms with van der Waals surface area (Å²) >= 11 is 1.58. The van der Waals surface area contributed by atoms with Gasteiger partial charge in [-0.1, -0.05) is 0 Å². The number of likely N-dealkylation sites (N-methyl/N-ethyl adjacent to an activating group) is 1. The second kappa shape index (κ2) is 4.18. The molecule has 0 amide bonds. The Balaban J connectivity index is 2.36. The Labute approximate surface area is 75.5 Å². The lowest BCUT2D eigenvalue weighted by atomic mass is 10.4. The van der Waals surface area contributed by atoms with Crippen LogP contribution in [0.3, 0.4) is 0 Å². The molecule has 1 rings (SSSR count). The zero-order chi connectivity index (χ0) is 8.97. The number of aromatic nitrogens is 1. The van der Waals surface area contributed by atoms with E-state index in [0.29, 0.717) is 6.54 Å². The Hall–Kier alpha value is -0.940. The molecular weight excluding hydrogens is 172 g/mol. The molecule has 0 spiro atoms. The number of rotatable bonds is 4. The second-order valence-corrected chi connectivity index (χ2v) is 3.40. The van der Waals surface area contributed by atoms with Crippen LogP contribution in [0, 0.1) is 5.41 Å². The van der Waals surface area contributed by atoms with Gasteiger partial charge in [-0.3, -0.25) is 10.3 Å². The zero-order valence-electron chi connectivity index (χ0n) is 6.95. The van der Waals surface area contributed by atoms with Gasteiger partial charge in [0.15, 0.2) is 0 Å². The third-order valence-corrected chi connectivity index (χ3v) is 1.99. The molecule has 3 N–H and O–H groups in total. The van der Waals surface area contributed by atoms with E-state index in [1.54, 1.807) is 16.8 Å². The Kier molecular flexibility index (Phi) is 3.19. The summed E-state index contributed by atoms with van der Waals surface area (Å²) in [5.41, 5.74) is 8.08. The average Bonchev–Trinajstić information content (AvgIpc) is 2.37. The van der Waals surface area contributed by atoms with Gasteiger partial charge in [-0.2, -0.15) is 0 Å². The maximum Gasteiger partial charge on any atom is 0.105 e. The van der Waals surface area contributed by atoms with E-state index >= 15 is 0 Å². The fourth-order valence-corrected chi connectivity index (χ4v) is 1.49. The molecule has 1 aromatic rings. The molecule has 5 heteroatoms. The van der Waals surface area contributed by atoms with E-state index in [2.05, 4.69) is 4.98 Å². The number of hydrogen-bond acceptors (Lipinski definition) is 4. The van der Waals surface area contributed by atoms with Crippen molar-refractivity contribution in [2.24, 2.45) is 5.73 Å². The fourth-order valence-electron chi connectivity index (χ4n) is 0.939. The summed E-state index contributed by atoms with van der Waals surface area (Å²) in [5.74, 6) is 0.188. The summed E-state index contributed by atoms with van der Waals surface area (Å²) in [6.45, 7) is 1.25. The Bertz CT molecular complexity index is 244. The quantitative estimate of drug-likeness (QED) is 0.529. The minimum atomic E-state index is 0.188. The largest absolute Gasteiger partial charge is 0.387 e. The molecule has 0 saturated heterocycles. The van der Waals surface area contributed by atoms with Gasteiger partial charge >= 0.3 is 0 Å². The summed E-state index contributed by atoms with van der Waals surface area (Å²) < 4.78 is 0. The molecule has 0 saturated carbocycles. The number of amidine groups is 1. The Morgan fingerprint density at radius 2 is 2.58 bits per heavy atom. The van der Waals surface area contributed by atoms with Crippen molar-refractivity contribution < 1.29 is 0 Å². The van der Waals surface area contributed by atoms with E-state index in [9.17, 15) is 0 Å². The summed E-state index contributed by atoms with van der Waals surface area (Å²) in [6.07, 6.45) is 0. The standard InChI is InChI=1S/C7H12N4S/c1-11(3-7(8)9)2-6-4-12-5-10-6/h4-5H,2-3H2,1H3,(H3,8,9). The van der Waals surface area contributed by atoms with Crippen LogP contribution >= 0.6 is 11.3 Å². The highest BCUT2D eigenvalue weighted by Gasteiger charge is 2.02. The molecule has 0 aliphatic rings. The number of nitrogens with two attached hydrogens (primary N) is 1. The van der Waals surface area contributed by atoms with Crippen LogP contribution in [-0.4, -0.2) is 29.3 Å². The van der Waals surface area contributed by atoms with E-state index in [1.165, 1.54) is 0 Å². The van der Waals surface area contributed by atoms with Crippen LogP contribution in [0.5, 0.6) is 0 Å². The third kappa shape index (κ3) is 2.98. The van der Waals surface area contributed by atoms with Gasteiger partial charge < -0.3 is 5.73 Å². The number of hydrogen-bond donors (Lipinski definition) is 2. The molecular formula is C7H12N4S. The molecule has 0 aromatic carbocycles. The summed E-state index contributed by atoms with van der Waals surface area (Å²) in [6, 6.07) is 0. The van der Waals surface area contributed by atoms with Crippen molar-refractivity contribution in [2.75, 3.05) is 13.6 Å². The smallest absolute Gasteiger partial charge is 0.105 e. The van der Waals surface area contributed by atoms with Gasteiger partial charge in [-0.25, -0.2) is 4.98 Å². The van der Waals surface area contributed by atoms with Crippen molar-refractivity contribution in [3.05, 3.63) is 16.6 Å². The maximum absolute atomic E-state index is 7.07. The van der Waals surface area contributed by atoms with Crippen LogP contribution < -0.4 is 5.73 Å². The van der Waals surface area contributed by atoms with Crippen LogP contribution in [0.1, 0.15) is 5.69 Å². The number of thiazole rings is 1. The summed E-state index contributed by atoms with van der Waals surface area (Å²) in [5, 5.41) is 9.07. The molecule has 0 bridgehead atoms. The van der Waals surface area contributed by atoms with E-state index in [1.807, 2.05) is 17.3 Å². The number of nitrogens with zero attached hydrogens (tertiary/aromatic N) is 2. The lowest BCUT2D eigenvalue weighted by molar-refractivity contribution is 0.368. The molecule has 0 unspecified atom stereocenters. The van der Waals surface area contributed by atoms with Crippen molar-refractivity contribution in [1.82, 2.24) is 9.88 Å². The number of nitrogens with one attached hydrogen (secondary N) is 1. The van der Waals surface area contributed by atoms with Crippen LogP contribution in [0.15, 0.2) is 10.9 Å². The van der Waals surface area contributed by atoms with Gasteiger partial charge in [-0.15, -0.1) is 11.3 Å². The van der Waals surface area contributed by atoms with Gasteiger partial charge in [0.1, 0.15) is 5.84 Å². The molecule has 0 aliphatic heterocycles. The minimum Gasteiger partial charge on any atom is -0.387 e. The van der Waals surface area contributed by atoms with Crippen molar-refractivity contribution in [1.29, 1.82) is 5.41 Å². The topological polar surface area (TPSA) is 66.0 Å². The molecule has 66 valence electrons. The average molecular weight is 184 g/mol. The normalized spacial score (nSPS) is 10.5. The van der Waals surface area contributed by atoms with Crippen LogP contribution in [0.4, 0.5) is 0 Å². The SMILES string of the molecule is CN(CC(=N)N)Cc1cscn1. The van der Waals surface area contributed by atoms with Gasteiger partial charge in [-0.05, 0) is 7.05 Å². The van der Waals surface area contributed by atoms with Crippen molar-refractivity contribution in [3.8, 4) is 0 Å². The van der Waals surface area contributed by atoms with Crippen molar-refractivity contribution in [3.63, 3.8) is 0 Å². The lowest BCUT2D eigenvalue weighted by Gasteiger charge is -2.13. The third-order valence-electron chi connectivity index (χ3n) is 1.36. The van der Waals surface area contributed by atoms with E-state index in [4.69, 9.17) is 11.1 Å². The van der Waals surface area contributed by atoms with Gasteiger partial charge in [0.05, 0.1) is 17.7 Å². The highest BCUT2D eigenvalue weighted by Crippen LogP contribution is 2.03. The minimum absolute atomic E-state index is 0.188. The Morgan fingerprint density at radius 1 is 1.83 bits per heavy atom. The maximum atomic E-state index is 7.07. The first-order chi connectivity index (χ1) is 5.68. The van der Waals surface area contributed by atoms with E-state index in [0.717, 1.165) is 12.2 Å². The zero-order valence-corrected chi connectivity index (χ0v) is 7.77. The lowest BCUT2D eigenvalue weighted by Crippen LogP contribution is -2.29. The molecule has 0 fully saturated rings. The van der Waals surface area contributed by atoms with Gasteiger partial charge in [0.2, 0.25) is 0 Å². The van der Waals surface area contributed by atoms with E-state index < -0.39 is 0 Å². The monoisotopic (exact) mass is 184 g/mol. The van der Waals surface area contributed by atoms with Crippen molar-refractivity contribution in [2.45, 2.75) is 6.54 Å². The first-order valence-electron chi connectivity index (χ1n) is 3.57. The van der Waals surface area contributed by atoms with Crippen LogP contribution in [0.2, 0.25) is 0 Å². The second-order valence-electron chi connectivity index (χ2n) is 2.68. The fraction of sp³-hybridized carbons (Fsp3) is 0.429. The summed E-state index contributed by atoms with van der Waals surface area (Å²) in [7, 11) is 1.92. The van der Waals surface area contributed by atoms with Crippen LogP contribution in [-0.2, 0) is 6.54 Å². The molecule has 4 nitrogen and oxygen atoms in total. The van der Waals surface area contributed by atoms with Crippen molar-refractivity contribution >= 4 is 17.2 Å². The van der Waals surface area contributed by atoms with E-state index in [-0.39, 0.29) is 5.84 Å². The highest BCUT2D eigenvalue weighted by atomic mass is 32.1. The van der Waals surface area contributed by atoms with Crippen LogP contribution in [0.25, 0.3) is 0 Å². The first kappa shape index (κ1) is 9.15. The first-order valence-corrected chi connectivity index (χ1v) is 4.51. The van der Waals surface area contributed by atoms with Gasteiger partial charge in [0.25, 0.3) is 0 Å². The summed E-state index contributed by atoms with van der Waals surface area (Å²) in [4.78, 5) is 6.08. The molecule has 1 aromatic heterocycles. The molecule has 12 heavy (non-hydrogen) atoms. The molecule has 0 atom stereocenters. The molecule has 0 radical (unpaired) electrons. The molecule has 1 heterocycles. The predicted octanol–water partition coefficient (Wildman–Crippen LogP) is 0.511. The molecule has 0 aliphatic carbocycles.